The molecule has 4 heteroatoms. The molecule has 1 amide bonds. The second-order valence-electron chi connectivity index (χ2n) is 7.26. The highest BCUT2D eigenvalue weighted by Gasteiger charge is 2.42. The van der Waals surface area contributed by atoms with E-state index in [-0.39, 0.29) is 12.1 Å². The molecule has 3 fully saturated rings. The summed E-state index contributed by atoms with van der Waals surface area (Å²) in [6, 6.07) is 10.8. The zero-order valence-corrected chi connectivity index (χ0v) is 13.6. The topological polar surface area (TPSA) is 45.2 Å². The highest BCUT2D eigenvalue weighted by molar-refractivity contribution is 5.99. The molecule has 1 aromatic carbocycles. The van der Waals surface area contributed by atoms with Gasteiger partial charge >= 0.3 is 0 Å². The number of benzene rings is 1. The van der Waals surface area contributed by atoms with E-state index in [0.717, 1.165) is 28.8 Å². The fourth-order valence-corrected chi connectivity index (χ4v) is 4.62. The summed E-state index contributed by atoms with van der Waals surface area (Å²) in [6.45, 7) is 0.730. The first-order chi connectivity index (χ1) is 11.8. The van der Waals surface area contributed by atoms with Crippen molar-refractivity contribution in [3.8, 4) is 11.1 Å². The van der Waals surface area contributed by atoms with Gasteiger partial charge in [0.05, 0.1) is 6.17 Å². The number of carbonyl (C=O) groups is 1. The summed E-state index contributed by atoms with van der Waals surface area (Å²) in [7, 11) is 0. The summed E-state index contributed by atoms with van der Waals surface area (Å²) in [6.07, 6.45) is 8.88. The maximum atomic E-state index is 12.9. The summed E-state index contributed by atoms with van der Waals surface area (Å²) in [5.41, 5.74) is 4.33. The largest absolute Gasteiger partial charge is 0.318 e. The van der Waals surface area contributed by atoms with Gasteiger partial charge in [0.2, 0.25) is 0 Å². The zero-order valence-electron chi connectivity index (χ0n) is 13.6. The molecule has 4 heterocycles. The molecule has 1 N–H and O–H groups in total. The molecule has 1 aromatic heterocycles. The number of fused-ring (bicyclic) bond motifs is 4. The first-order valence-corrected chi connectivity index (χ1v) is 8.90. The van der Waals surface area contributed by atoms with Crippen LogP contribution >= 0.6 is 0 Å². The van der Waals surface area contributed by atoms with Crippen molar-refractivity contribution in [3.63, 3.8) is 0 Å². The fourth-order valence-electron chi connectivity index (χ4n) is 4.62. The van der Waals surface area contributed by atoms with Gasteiger partial charge in [-0.2, -0.15) is 0 Å². The molecule has 24 heavy (non-hydrogen) atoms. The maximum absolute atomic E-state index is 12.9. The van der Waals surface area contributed by atoms with Gasteiger partial charge in [0, 0.05) is 30.5 Å². The van der Waals surface area contributed by atoms with Crippen molar-refractivity contribution in [2.45, 2.75) is 44.4 Å². The molecular formula is C20H21N3O. The summed E-state index contributed by atoms with van der Waals surface area (Å²) in [5.74, 6) is 0.809. The van der Waals surface area contributed by atoms with Crippen molar-refractivity contribution < 1.29 is 4.79 Å². The lowest BCUT2D eigenvalue weighted by atomic mass is 9.79. The van der Waals surface area contributed by atoms with Gasteiger partial charge < -0.3 is 4.90 Å². The predicted molar refractivity (Wildman–Crippen MR) is 92.2 cm³/mol. The number of nitrogens with zero attached hydrogens (tertiary/aromatic N) is 2. The number of pyridine rings is 1. The van der Waals surface area contributed by atoms with Crippen molar-refractivity contribution in [2.24, 2.45) is 5.92 Å². The minimum absolute atomic E-state index is 0.191. The van der Waals surface area contributed by atoms with E-state index in [1.54, 1.807) is 0 Å². The van der Waals surface area contributed by atoms with Crippen LogP contribution in [0.1, 0.15) is 41.6 Å². The average molecular weight is 319 g/mol. The third-order valence-electron chi connectivity index (χ3n) is 5.91. The van der Waals surface area contributed by atoms with Gasteiger partial charge in [0.25, 0.3) is 5.91 Å². The standard InChI is InChI=1S/C20H21N3O/c24-20-18-6-3-15(13-7-9-21-10-8-13)11-16(18)12-23(20)19-14-1-4-17(22-19)5-2-14/h3,6-11,14,17,19,22H,1-2,4-5,12H2. The van der Waals surface area contributed by atoms with E-state index in [2.05, 4.69) is 27.3 Å². The zero-order chi connectivity index (χ0) is 16.1. The quantitative estimate of drug-likeness (QED) is 0.924. The fraction of sp³-hybridized carbons (Fsp3) is 0.400. The number of aromatic nitrogens is 1. The Balaban J connectivity index is 1.45. The molecular weight excluding hydrogens is 298 g/mol. The molecule has 6 rings (SSSR count). The first kappa shape index (κ1) is 14.2. The molecule has 2 aromatic rings. The van der Waals surface area contributed by atoms with Gasteiger partial charge in [-0.15, -0.1) is 0 Å². The van der Waals surface area contributed by atoms with Crippen molar-refractivity contribution >= 4 is 5.91 Å². The van der Waals surface area contributed by atoms with E-state index in [1.807, 2.05) is 30.6 Å². The molecule has 2 saturated heterocycles. The summed E-state index contributed by atoms with van der Waals surface area (Å²) in [4.78, 5) is 19.0. The number of carbonyl (C=O) groups excluding carboxylic acids is 1. The normalized spacial score (nSPS) is 28.2. The third-order valence-corrected chi connectivity index (χ3v) is 5.91. The van der Waals surface area contributed by atoms with E-state index in [1.165, 1.54) is 25.7 Å². The van der Waals surface area contributed by atoms with E-state index < -0.39 is 0 Å². The summed E-state index contributed by atoms with van der Waals surface area (Å²) < 4.78 is 0. The molecule has 4 nitrogen and oxygen atoms in total. The number of rotatable bonds is 2. The Kier molecular flexibility index (Phi) is 3.20. The van der Waals surface area contributed by atoms with Crippen molar-refractivity contribution in [3.05, 3.63) is 53.9 Å². The molecule has 3 aliphatic heterocycles. The SMILES string of the molecule is O=C1c2ccc(-c3ccncc3)cc2CN1C1NC2CCC1CC2. The highest BCUT2D eigenvalue weighted by Crippen LogP contribution is 2.38. The second kappa shape index (κ2) is 5.42. The Morgan fingerprint density at radius 1 is 1.00 bits per heavy atom. The van der Waals surface area contributed by atoms with Crippen molar-refractivity contribution in [1.29, 1.82) is 0 Å². The molecule has 0 radical (unpaired) electrons. The van der Waals surface area contributed by atoms with Gasteiger partial charge in [-0.3, -0.25) is 15.1 Å². The van der Waals surface area contributed by atoms with Crippen LogP contribution in [0.25, 0.3) is 11.1 Å². The summed E-state index contributed by atoms with van der Waals surface area (Å²) in [5, 5.41) is 3.70. The van der Waals surface area contributed by atoms with Crippen LogP contribution in [-0.2, 0) is 6.54 Å². The third kappa shape index (κ3) is 2.17. The van der Waals surface area contributed by atoms with Gasteiger partial charge in [-0.1, -0.05) is 6.07 Å². The minimum atomic E-state index is 0.191. The van der Waals surface area contributed by atoms with Crippen LogP contribution in [0.4, 0.5) is 0 Å². The number of amides is 1. The molecule has 2 bridgehead atoms. The Morgan fingerprint density at radius 2 is 1.79 bits per heavy atom. The monoisotopic (exact) mass is 319 g/mol. The predicted octanol–water partition coefficient (Wildman–Crippen LogP) is 3.19. The van der Waals surface area contributed by atoms with Crippen LogP contribution in [0.3, 0.4) is 0 Å². The number of hydrogen-bond donors (Lipinski definition) is 1. The number of piperidine rings is 2. The van der Waals surface area contributed by atoms with E-state index in [4.69, 9.17) is 0 Å². The molecule has 1 saturated carbocycles. The Labute approximate surface area is 141 Å². The van der Waals surface area contributed by atoms with E-state index in [0.29, 0.717) is 12.0 Å². The van der Waals surface area contributed by atoms with E-state index >= 15 is 0 Å². The second-order valence-corrected chi connectivity index (χ2v) is 7.26. The van der Waals surface area contributed by atoms with Crippen LogP contribution in [0.5, 0.6) is 0 Å². The lowest BCUT2D eigenvalue weighted by molar-refractivity contribution is 0.0243. The Hall–Kier alpha value is -2.20. The molecule has 0 spiro atoms. The lowest BCUT2D eigenvalue weighted by Crippen LogP contribution is -2.60. The molecule has 4 aliphatic rings. The highest BCUT2D eigenvalue weighted by atomic mass is 16.2. The average Bonchev–Trinajstić information content (AvgIpc) is 2.99. The smallest absolute Gasteiger partial charge is 0.255 e. The number of hydrogen-bond acceptors (Lipinski definition) is 3. The number of nitrogens with one attached hydrogen (secondary N) is 1. The van der Waals surface area contributed by atoms with Crippen LogP contribution in [0.2, 0.25) is 0 Å². The minimum Gasteiger partial charge on any atom is -0.318 e. The molecule has 1 aliphatic carbocycles. The molecule has 1 atom stereocenters. The van der Waals surface area contributed by atoms with Gasteiger partial charge in [-0.25, -0.2) is 0 Å². The Morgan fingerprint density at radius 3 is 2.50 bits per heavy atom. The lowest BCUT2D eigenvalue weighted by Gasteiger charge is -2.47. The molecule has 122 valence electrons. The van der Waals surface area contributed by atoms with Crippen molar-refractivity contribution in [1.82, 2.24) is 15.2 Å². The van der Waals surface area contributed by atoms with Crippen LogP contribution < -0.4 is 5.32 Å². The van der Waals surface area contributed by atoms with Gasteiger partial charge in [0.15, 0.2) is 0 Å². The Bertz CT molecular complexity index is 781. The first-order valence-electron chi connectivity index (χ1n) is 8.90. The van der Waals surface area contributed by atoms with Crippen LogP contribution in [0, 0.1) is 5.92 Å². The summed E-state index contributed by atoms with van der Waals surface area (Å²) >= 11 is 0. The van der Waals surface area contributed by atoms with Crippen LogP contribution in [-0.4, -0.2) is 28.0 Å². The maximum Gasteiger partial charge on any atom is 0.255 e. The van der Waals surface area contributed by atoms with Gasteiger partial charge in [0.1, 0.15) is 0 Å². The van der Waals surface area contributed by atoms with Crippen LogP contribution in [0.15, 0.2) is 42.7 Å². The van der Waals surface area contributed by atoms with Crippen molar-refractivity contribution in [2.75, 3.05) is 0 Å². The van der Waals surface area contributed by atoms with Gasteiger partial charge in [-0.05, 0) is 72.6 Å². The van der Waals surface area contributed by atoms with E-state index in [9.17, 15) is 4.79 Å². The molecule has 1 unspecified atom stereocenters.